The van der Waals surface area contributed by atoms with Crippen LogP contribution in [0.4, 0.5) is 0 Å². The molecule has 0 aromatic carbocycles. The molecule has 2 nitrogen and oxygen atoms in total. The molecule has 2 N–H and O–H groups in total. The predicted molar refractivity (Wildman–Crippen MR) is 53.4 cm³/mol. The molecule has 2 saturated carbocycles. The molecule has 1 saturated heterocycles. The first kappa shape index (κ1) is 8.25. The standard InChI is InChI=1S/C11H20N2/c12-7-11-3-4-13(11)10-2-1-8-5-9(8)6-10/h8-11H,1-7,12H2. The Morgan fingerprint density at radius 2 is 2.00 bits per heavy atom. The van der Waals surface area contributed by atoms with Gasteiger partial charge in [-0.1, -0.05) is 0 Å². The molecule has 2 heteroatoms. The Hall–Kier alpha value is -0.0800. The van der Waals surface area contributed by atoms with Crippen LogP contribution in [0.15, 0.2) is 0 Å². The fourth-order valence-electron chi connectivity index (χ4n) is 3.32. The second-order valence-electron chi connectivity index (χ2n) is 5.14. The van der Waals surface area contributed by atoms with Gasteiger partial charge in [-0.25, -0.2) is 0 Å². The van der Waals surface area contributed by atoms with Gasteiger partial charge in [-0.05, 0) is 43.9 Å². The number of likely N-dealkylation sites (tertiary alicyclic amines) is 1. The van der Waals surface area contributed by atoms with Crippen molar-refractivity contribution in [2.75, 3.05) is 13.1 Å². The van der Waals surface area contributed by atoms with Gasteiger partial charge in [-0.2, -0.15) is 0 Å². The zero-order chi connectivity index (χ0) is 8.84. The van der Waals surface area contributed by atoms with Crippen molar-refractivity contribution in [2.24, 2.45) is 17.6 Å². The van der Waals surface area contributed by atoms with E-state index in [1.807, 2.05) is 0 Å². The molecule has 0 aromatic heterocycles. The Morgan fingerprint density at radius 1 is 1.08 bits per heavy atom. The van der Waals surface area contributed by atoms with Crippen LogP contribution in [0.3, 0.4) is 0 Å². The summed E-state index contributed by atoms with van der Waals surface area (Å²) in [6, 6.07) is 1.64. The lowest BCUT2D eigenvalue weighted by Crippen LogP contribution is -2.56. The summed E-state index contributed by atoms with van der Waals surface area (Å²) in [5.41, 5.74) is 5.73. The van der Waals surface area contributed by atoms with Gasteiger partial charge in [-0.15, -0.1) is 0 Å². The highest BCUT2D eigenvalue weighted by atomic mass is 15.2. The summed E-state index contributed by atoms with van der Waals surface area (Å²) in [4.78, 5) is 2.68. The maximum absolute atomic E-state index is 5.73. The smallest absolute Gasteiger partial charge is 0.0233 e. The van der Waals surface area contributed by atoms with Gasteiger partial charge < -0.3 is 5.73 Å². The highest BCUT2D eigenvalue weighted by molar-refractivity contribution is 4.98. The fraction of sp³-hybridized carbons (Fsp3) is 1.00. The SMILES string of the molecule is NCC1CCN1C1CCC2CC2C1. The molecule has 0 spiro atoms. The van der Waals surface area contributed by atoms with Crippen molar-refractivity contribution in [3.63, 3.8) is 0 Å². The number of nitrogens with two attached hydrogens (primary N) is 1. The lowest BCUT2D eigenvalue weighted by molar-refractivity contribution is 0.0269. The Morgan fingerprint density at radius 3 is 2.62 bits per heavy atom. The van der Waals surface area contributed by atoms with Gasteiger partial charge in [0.1, 0.15) is 0 Å². The van der Waals surface area contributed by atoms with Crippen LogP contribution in [-0.2, 0) is 0 Å². The minimum absolute atomic E-state index is 0.736. The van der Waals surface area contributed by atoms with Crippen LogP contribution in [0.25, 0.3) is 0 Å². The Kier molecular flexibility index (Phi) is 1.88. The third-order valence-corrected chi connectivity index (χ3v) is 4.45. The molecular weight excluding hydrogens is 160 g/mol. The summed E-state index contributed by atoms with van der Waals surface area (Å²) in [6.45, 7) is 2.20. The summed E-state index contributed by atoms with van der Waals surface area (Å²) in [5, 5.41) is 0. The quantitative estimate of drug-likeness (QED) is 0.692. The van der Waals surface area contributed by atoms with Crippen LogP contribution in [-0.4, -0.2) is 30.1 Å². The van der Waals surface area contributed by atoms with E-state index in [0.29, 0.717) is 0 Å². The molecule has 13 heavy (non-hydrogen) atoms. The molecule has 3 fully saturated rings. The second-order valence-corrected chi connectivity index (χ2v) is 5.14. The maximum atomic E-state index is 5.73. The monoisotopic (exact) mass is 180 g/mol. The predicted octanol–water partition coefficient (Wildman–Crippen LogP) is 1.21. The number of rotatable bonds is 2. The summed E-state index contributed by atoms with van der Waals surface area (Å²) >= 11 is 0. The van der Waals surface area contributed by atoms with Crippen LogP contribution in [0.5, 0.6) is 0 Å². The summed E-state index contributed by atoms with van der Waals surface area (Å²) in [5.74, 6) is 2.24. The van der Waals surface area contributed by atoms with Crippen LogP contribution in [0, 0.1) is 11.8 Å². The average Bonchev–Trinajstić information content (AvgIpc) is 2.81. The third kappa shape index (κ3) is 1.31. The van der Waals surface area contributed by atoms with E-state index < -0.39 is 0 Å². The summed E-state index contributed by atoms with van der Waals surface area (Å²) in [6.07, 6.45) is 7.33. The molecule has 2 aliphatic carbocycles. The fourth-order valence-corrected chi connectivity index (χ4v) is 3.32. The van der Waals surface area contributed by atoms with Crippen molar-refractivity contribution >= 4 is 0 Å². The molecule has 4 unspecified atom stereocenters. The molecule has 0 aromatic rings. The lowest BCUT2D eigenvalue weighted by atomic mass is 9.89. The minimum atomic E-state index is 0.736. The molecule has 74 valence electrons. The first-order valence-corrected chi connectivity index (χ1v) is 5.84. The normalized spacial score (nSPS) is 49.6. The topological polar surface area (TPSA) is 29.3 Å². The Bertz CT molecular complexity index is 202. The van der Waals surface area contributed by atoms with Crippen molar-refractivity contribution in [2.45, 2.75) is 44.2 Å². The first-order valence-electron chi connectivity index (χ1n) is 5.84. The van der Waals surface area contributed by atoms with E-state index in [9.17, 15) is 0 Å². The number of hydrogen-bond donors (Lipinski definition) is 1. The maximum Gasteiger partial charge on any atom is 0.0233 e. The van der Waals surface area contributed by atoms with Gasteiger partial charge in [-0.3, -0.25) is 4.90 Å². The van der Waals surface area contributed by atoms with Gasteiger partial charge in [0, 0.05) is 25.2 Å². The summed E-state index contributed by atoms with van der Waals surface area (Å²) in [7, 11) is 0. The van der Waals surface area contributed by atoms with E-state index in [1.165, 1.54) is 38.6 Å². The van der Waals surface area contributed by atoms with Gasteiger partial charge >= 0.3 is 0 Å². The zero-order valence-electron chi connectivity index (χ0n) is 8.28. The molecule has 0 bridgehead atoms. The molecule has 0 amide bonds. The van der Waals surface area contributed by atoms with E-state index in [0.717, 1.165) is 30.5 Å². The minimum Gasteiger partial charge on any atom is -0.329 e. The largest absolute Gasteiger partial charge is 0.329 e. The van der Waals surface area contributed by atoms with E-state index in [4.69, 9.17) is 5.73 Å². The molecule has 1 aliphatic heterocycles. The molecule has 3 rings (SSSR count). The molecular formula is C11H20N2. The van der Waals surface area contributed by atoms with Gasteiger partial charge in [0.15, 0.2) is 0 Å². The van der Waals surface area contributed by atoms with Crippen molar-refractivity contribution in [3.05, 3.63) is 0 Å². The van der Waals surface area contributed by atoms with E-state index in [-0.39, 0.29) is 0 Å². The van der Waals surface area contributed by atoms with Gasteiger partial charge in [0.25, 0.3) is 0 Å². The van der Waals surface area contributed by atoms with Crippen molar-refractivity contribution < 1.29 is 0 Å². The van der Waals surface area contributed by atoms with Crippen LogP contribution >= 0.6 is 0 Å². The van der Waals surface area contributed by atoms with Crippen molar-refractivity contribution in [1.82, 2.24) is 4.90 Å². The molecule has 4 atom stereocenters. The highest BCUT2D eigenvalue weighted by Gasteiger charge is 2.45. The first-order chi connectivity index (χ1) is 6.38. The molecule has 0 radical (unpaired) electrons. The molecule has 1 heterocycles. The number of hydrogen-bond acceptors (Lipinski definition) is 2. The second kappa shape index (κ2) is 2.96. The Labute approximate surface area is 80.5 Å². The number of nitrogens with zero attached hydrogens (tertiary/aromatic N) is 1. The van der Waals surface area contributed by atoms with Crippen LogP contribution < -0.4 is 5.73 Å². The van der Waals surface area contributed by atoms with Crippen molar-refractivity contribution in [1.29, 1.82) is 0 Å². The zero-order valence-corrected chi connectivity index (χ0v) is 8.28. The van der Waals surface area contributed by atoms with E-state index in [1.54, 1.807) is 0 Å². The molecule has 3 aliphatic rings. The van der Waals surface area contributed by atoms with Gasteiger partial charge in [0.2, 0.25) is 0 Å². The summed E-state index contributed by atoms with van der Waals surface area (Å²) < 4.78 is 0. The van der Waals surface area contributed by atoms with E-state index in [2.05, 4.69) is 4.90 Å². The third-order valence-electron chi connectivity index (χ3n) is 4.45. The highest BCUT2D eigenvalue weighted by Crippen LogP contribution is 2.51. The van der Waals surface area contributed by atoms with Gasteiger partial charge in [0.05, 0.1) is 0 Å². The lowest BCUT2D eigenvalue weighted by Gasteiger charge is -2.47. The number of fused-ring (bicyclic) bond motifs is 1. The average molecular weight is 180 g/mol. The van der Waals surface area contributed by atoms with E-state index >= 15 is 0 Å². The Balaban J connectivity index is 1.58. The van der Waals surface area contributed by atoms with Crippen molar-refractivity contribution in [3.8, 4) is 0 Å². The van der Waals surface area contributed by atoms with Crippen LogP contribution in [0.1, 0.15) is 32.1 Å². The van der Waals surface area contributed by atoms with Crippen LogP contribution in [0.2, 0.25) is 0 Å².